The molecule has 0 amide bonds. The Morgan fingerprint density at radius 3 is 2.33 bits per heavy atom. The number of nitrogens with one attached hydrogen (secondary N) is 2. The molecule has 0 spiro atoms. The monoisotopic (exact) mass is 485 g/mol. The molecule has 2 N–H and O–H groups in total. The van der Waals surface area contributed by atoms with Crippen LogP contribution in [0.2, 0.25) is 0 Å². The number of aliphatic imine (C=N–C) groups is 1. The normalized spacial score (nSPS) is 10.6. The summed E-state index contributed by atoms with van der Waals surface area (Å²) in [7, 11) is 3.36. The molecule has 2 aromatic carbocycles. The summed E-state index contributed by atoms with van der Waals surface area (Å²) >= 11 is 0. The Balaban J connectivity index is 0.00000364. The van der Waals surface area contributed by atoms with E-state index in [0.717, 1.165) is 17.0 Å². The minimum atomic E-state index is 0. The summed E-state index contributed by atoms with van der Waals surface area (Å²) in [4.78, 5) is 4.27. The van der Waals surface area contributed by atoms with Crippen molar-refractivity contribution in [2.24, 2.45) is 4.99 Å². The number of hydrogen-bond acceptors (Lipinski definition) is 4. The average Bonchev–Trinajstić information content (AvgIpc) is 2.67. The maximum absolute atomic E-state index is 5.66. The molecular weight excluding hydrogens is 457 g/mol. The summed E-state index contributed by atoms with van der Waals surface area (Å²) in [6.45, 7) is 5.74. The molecule has 27 heavy (non-hydrogen) atoms. The lowest BCUT2D eigenvalue weighted by molar-refractivity contribution is 0.311. The number of halogens is 1. The van der Waals surface area contributed by atoms with Crippen molar-refractivity contribution in [2.75, 3.05) is 32.7 Å². The standard InChI is InChI=1S/C20H27N3O3.HI/c1-5-25-17-10-8-7-9-15(17)14-22-20(21-3)23-16-11-12-18(26-6-2)19(13-16)24-4;/h7-13H,5-6,14H2,1-4H3,(H2,21,22,23);1H. The third-order valence-electron chi connectivity index (χ3n) is 3.67. The van der Waals surface area contributed by atoms with Crippen LogP contribution in [0.4, 0.5) is 5.69 Å². The van der Waals surface area contributed by atoms with Crippen LogP contribution in [-0.2, 0) is 6.54 Å². The van der Waals surface area contributed by atoms with Crippen molar-refractivity contribution >= 4 is 35.6 Å². The van der Waals surface area contributed by atoms with Crippen molar-refractivity contribution in [3.05, 3.63) is 48.0 Å². The summed E-state index contributed by atoms with van der Waals surface area (Å²) in [5.41, 5.74) is 1.93. The molecule has 0 aromatic heterocycles. The molecule has 0 aliphatic heterocycles. The van der Waals surface area contributed by atoms with Crippen LogP contribution in [0, 0.1) is 0 Å². The van der Waals surface area contributed by atoms with E-state index in [4.69, 9.17) is 14.2 Å². The number of methoxy groups -OCH3 is 1. The maximum atomic E-state index is 5.66. The molecule has 0 unspecified atom stereocenters. The van der Waals surface area contributed by atoms with Gasteiger partial charge in [-0.15, -0.1) is 24.0 Å². The fraction of sp³-hybridized carbons (Fsp3) is 0.350. The van der Waals surface area contributed by atoms with Crippen molar-refractivity contribution < 1.29 is 14.2 Å². The van der Waals surface area contributed by atoms with Crippen LogP contribution in [0.25, 0.3) is 0 Å². The van der Waals surface area contributed by atoms with Crippen LogP contribution >= 0.6 is 24.0 Å². The Bertz CT molecular complexity index is 738. The second kappa shape index (κ2) is 12.3. The highest BCUT2D eigenvalue weighted by atomic mass is 127. The smallest absolute Gasteiger partial charge is 0.195 e. The predicted octanol–water partition coefficient (Wildman–Crippen LogP) is 4.30. The minimum absolute atomic E-state index is 0. The van der Waals surface area contributed by atoms with Gasteiger partial charge in [0.15, 0.2) is 17.5 Å². The average molecular weight is 485 g/mol. The largest absolute Gasteiger partial charge is 0.494 e. The lowest BCUT2D eigenvalue weighted by atomic mass is 10.2. The first-order valence-corrected chi connectivity index (χ1v) is 8.71. The van der Waals surface area contributed by atoms with Crippen molar-refractivity contribution in [1.82, 2.24) is 5.32 Å². The predicted molar refractivity (Wildman–Crippen MR) is 121 cm³/mol. The fourth-order valence-electron chi connectivity index (χ4n) is 2.46. The molecule has 148 valence electrons. The van der Waals surface area contributed by atoms with Gasteiger partial charge in [-0.25, -0.2) is 0 Å². The van der Waals surface area contributed by atoms with Crippen molar-refractivity contribution in [1.29, 1.82) is 0 Å². The van der Waals surface area contributed by atoms with E-state index in [1.54, 1.807) is 14.2 Å². The number of ether oxygens (including phenoxy) is 3. The van der Waals surface area contributed by atoms with Crippen molar-refractivity contribution in [3.63, 3.8) is 0 Å². The first-order chi connectivity index (χ1) is 12.7. The molecule has 0 bridgehead atoms. The molecule has 2 rings (SSSR count). The number of para-hydroxylation sites is 1. The third-order valence-corrected chi connectivity index (χ3v) is 3.67. The molecule has 0 fully saturated rings. The van der Waals surface area contributed by atoms with Crippen LogP contribution in [0.15, 0.2) is 47.5 Å². The van der Waals surface area contributed by atoms with Crippen LogP contribution < -0.4 is 24.8 Å². The number of anilines is 1. The van der Waals surface area contributed by atoms with E-state index < -0.39 is 0 Å². The summed E-state index contributed by atoms with van der Waals surface area (Å²) in [5, 5.41) is 6.55. The number of benzene rings is 2. The molecule has 0 heterocycles. The second-order valence-corrected chi connectivity index (χ2v) is 5.39. The first kappa shape index (κ1) is 22.9. The highest BCUT2D eigenvalue weighted by molar-refractivity contribution is 14.0. The molecule has 0 saturated carbocycles. The van der Waals surface area contributed by atoms with Crippen molar-refractivity contribution in [2.45, 2.75) is 20.4 Å². The lowest BCUT2D eigenvalue weighted by Gasteiger charge is -2.16. The van der Waals surface area contributed by atoms with Gasteiger partial charge in [-0.3, -0.25) is 4.99 Å². The Morgan fingerprint density at radius 2 is 1.67 bits per heavy atom. The van der Waals surface area contributed by atoms with Crippen molar-refractivity contribution in [3.8, 4) is 17.2 Å². The Kier molecular flexibility index (Phi) is 10.4. The van der Waals surface area contributed by atoms with Crippen LogP contribution in [-0.4, -0.2) is 33.3 Å². The van der Waals surface area contributed by atoms with Gasteiger partial charge >= 0.3 is 0 Å². The van der Waals surface area contributed by atoms with E-state index in [-0.39, 0.29) is 24.0 Å². The molecule has 0 atom stereocenters. The molecule has 0 saturated heterocycles. The van der Waals surface area contributed by atoms with Gasteiger partial charge in [-0.2, -0.15) is 0 Å². The van der Waals surface area contributed by atoms with Gasteiger partial charge in [0, 0.05) is 30.9 Å². The van der Waals surface area contributed by atoms with E-state index in [9.17, 15) is 0 Å². The summed E-state index contributed by atoms with van der Waals surface area (Å²) in [5.74, 6) is 2.92. The molecule has 6 nitrogen and oxygen atoms in total. The van der Waals surface area contributed by atoms with E-state index in [2.05, 4.69) is 15.6 Å². The Morgan fingerprint density at radius 1 is 0.963 bits per heavy atom. The van der Waals surface area contributed by atoms with E-state index in [1.807, 2.05) is 56.3 Å². The lowest BCUT2D eigenvalue weighted by Crippen LogP contribution is -2.30. The minimum Gasteiger partial charge on any atom is -0.494 e. The van der Waals surface area contributed by atoms with E-state index in [1.165, 1.54) is 0 Å². The third kappa shape index (κ3) is 6.82. The molecule has 7 heteroatoms. The number of nitrogens with zero attached hydrogens (tertiary/aromatic N) is 1. The second-order valence-electron chi connectivity index (χ2n) is 5.39. The van der Waals surface area contributed by atoms with E-state index >= 15 is 0 Å². The first-order valence-electron chi connectivity index (χ1n) is 8.71. The van der Waals surface area contributed by atoms with Gasteiger partial charge in [0.05, 0.1) is 20.3 Å². The van der Waals surface area contributed by atoms with Gasteiger partial charge in [-0.05, 0) is 32.0 Å². The van der Waals surface area contributed by atoms with Gasteiger partial charge in [0.2, 0.25) is 0 Å². The van der Waals surface area contributed by atoms with Gasteiger partial charge in [0.25, 0.3) is 0 Å². The highest BCUT2D eigenvalue weighted by Gasteiger charge is 2.08. The Labute approximate surface area is 178 Å². The van der Waals surface area contributed by atoms with Gasteiger partial charge < -0.3 is 24.8 Å². The molecule has 0 aliphatic carbocycles. The Hall–Kier alpha value is -2.16. The van der Waals surface area contributed by atoms with Gasteiger partial charge in [-0.1, -0.05) is 18.2 Å². The molecule has 0 radical (unpaired) electrons. The topological polar surface area (TPSA) is 64.1 Å². The van der Waals surface area contributed by atoms with Gasteiger partial charge in [0.1, 0.15) is 5.75 Å². The number of hydrogen-bond donors (Lipinski definition) is 2. The molecule has 0 aliphatic rings. The zero-order chi connectivity index (χ0) is 18.8. The zero-order valence-electron chi connectivity index (χ0n) is 16.2. The summed E-state index contributed by atoms with van der Waals surface area (Å²) in [6, 6.07) is 13.6. The van der Waals surface area contributed by atoms with E-state index in [0.29, 0.717) is 37.2 Å². The summed E-state index contributed by atoms with van der Waals surface area (Å²) < 4.78 is 16.6. The number of guanidine groups is 1. The number of rotatable bonds is 8. The summed E-state index contributed by atoms with van der Waals surface area (Å²) in [6.07, 6.45) is 0. The van der Waals surface area contributed by atoms with Crippen LogP contribution in [0.1, 0.15) is 19.4 Å². The van der Waals surface area contributed by atoms with Crippen LogP contribution in [0.3, 0.4) is 0 Å². The molecular formula is C20H28IN3O3. The zero-order valence-corrected chi connectivity index (χ0v) is 18.6. The quantitative estimate of drug-likeness (QED) is 0.332. The SMILES string of the molecule is CCOc1ccccc1CNC(=NC)Nc1ccc(OCC)c(OC)c1.I. The molecule has 2 aromatic rings. The van der Waals surface area contributed by atoms with Crippen LogP contribution in [0.5, 0.6) is 17.2 Å². The fourth-order valence-corrected chi connectivity index (χ4v) is 2.46. The highest BCUT2D eigenvalue weighted by Crippen LogP contribution is 2.30. The maximum Gasteiger partial charge on any atom is 0.195 e.